The van der Waals surface area contributed by atoms with Crippen molar-refractivity contribution in [1.29, 1.82) is 0 Å². The van der Waals surface area contributed by atoms with Gasteiger partial charge in [0.15, 0.2) is 0 Å². The minimum Gasteiger partial charge on any atom is -0.354 e. The van der Waals surface area contributed by atoms with Crippen LogP contribution in [-0.2, 0) is 4.79 Å². The third-order valence-electron chi connectivity index (χ3n) is 4.85. The number of carbonyl (C=O) groups is 1. The van der Waals surface area contributed by atoms with Crippen LogP contribution in [0.4, 0.5) is 8.78 Å². The molecule has 1 saturated heterocycles. The molecule has 5 heteroatoms. The van der Waals surface area contributed by atoms with Crippen molar-refractivity contribution < 1.29 is 13.6 Å². The van der Waals surface area contributed by atoms with Gasteiger partial charge >= 0.3 is 0 Å². The molecule has 1 heterocycles. The topological polar surface area (TPSA) is 41.1 Å². The second kappa shape index (κ2) is 4.44. The highest BCUT2D eigenvalue weighted by Crippen LogP contribution is 2.47. The molecule has 1 amide bonds. The molecule has 102 valence electrons. The van der Waals surface area contributed by atoms with E-state index in [1.165, 1.54) is 25.7 Å². The minimum absolute atomic E-state index is 0.255. The third kappa shape index (κ3) is 2.37. The molecule has 0 aromatic carbocycles. The smallest absolute Gasteiger partial charge is 0.262 e. The molecule has 0 spiro atoms. The number of hydrogen-bond donors (Lipinski definition) is 2. The lowest BCUT2D eigenvalue weighted by Crippen LogP contribution is -2.42. The Labute approximate surface area is 106 Å². The number of nitrogens with one attached hydrogen (secondary N) is 2. The molecule has 1 aliphatic heterocycles. The average Bonchev–Trinajstić information content (AvgIpc) is 3.00. The summed E-state index contributed by atoms with van der Waals surface area (Å²) in [6, 6.07) is -0.710. The molecule has 4 atom stereocenters. The summed E-state index contributed by atoms with van der Waals surface area (Å²) < 4.78 is 26.0. The zero-order chi connectivity index (χ0) is 12.8. The van der Waals surface area contributed by atoms with E-state index in [1.807, 2.05) is 0 Å². The Hall–Kier alpha value is -0.710. The molecular weight excluding hydrogens is 238 g/mol. The van der Waals surface area contributed by atoms with Crippen molar-refractivity contribution in [1.82, 2.24) is 10.6 Å². The van der Waals surface area contributed by atoms with E-state index in [1.54, 1.807) is 0 Å². The van der Waals surface area contributed by atoms with Crippen molar-refractivity contribution in [3.8, 4) is 0 Å². The van der Waals surface area contributed by atoms with E-state index < -0.39 is 12.0 Å². The van der Waals surface area contributed by atoms with Gasteiger partial charge in [-0.1, -0.05) is 6.42 Å². The quantitative estimate of drug-likeness (QED) is 0.806. The number of carbonyl (C=O) groups excluding carboxylic acids is 1. The summed E-state index contributed by atoms with van der Waals surface area (Å²) in [5, 5.41) is 5.45. The van der Waals surface area contributed by atoms with E-state index in [9.17, 15) is 13.6 Å². The van der Waals surface area contributed by atoms with Gasteiger partial charge in [0.1, 0.15) is 0 Å². The van der Waals surface area contributed by atoms with Gasteiger partial charge < -0.3 is 5.32 Å². The van der Waals surface area contributed by atoms with E-state index in [0.717, 1.165) is 11.8 Å². The predicted molar refractivity (Wildman–Crippen MR) is 63.3 cm³/mol. The van der Waals surface area contributed by atoms with E-state index in [4.69, 9.17) is 0 Å². The molecule has 3 nitrogen and oxygen atoms in total. The Morgan fingerprint density at radius 3 is 2.72 bits per heavy atom. The fourth-order valence-corrected chi connectivity index (χ4v) is 3.88. The Balaban J connectivity index is 1.45. The first-order valence-electron chi connectivity index (χ1n) is 6.92. The molecule has 2 bridgehead atoms. The summed E-state index contributed by atoms with van der Waals surface area (Å²) >= 11 is 0. The maximum atomic E-state index is 13.0. The average molecular weight is 258 g/mol. The van der Waals surface area contributed by atoms with Crippen molar-refractivity contribution in [2.75, 3.05) is 13.1 Å². The predicted octanol–water partition coefficient (Wildman–Crippen LogP) is 1.54. The first-order valence-corrected chi connectivity index (χ1v) is 6.92. The van der Waals surface area contributed by atoms with Gasteiger partial charge in [-0.15, -0.1) is 0 Å². The van der Waals surface area contributed by atoms with Gasteiger partial charge in [-0.2, -0.15) is 0 Å². The largest absolute Gasteiger partial charge is 0.354 e. The lowest BCUT2D eigenvalue weighted by atomic mass is 9.89. The van der Waals surface area contributed by atoms with Crippen LogP contribution >= 0.6 is 0 Å². The first kappa shape index (κ1) is 12.3. The maximum absolute atomic E-state index is 13.0. The van der Waals surface area contributed by atoms with Crippen molar-refractivity contribution in [2.24, 2.45) is 17.8 Å². The van der Waals surface area contributed by atoms with E-state index in [0.29, 0.717) is 12.5 Å². The third-order valence-corrected chi connectivity index (χ3v) is 4.85. The number of halogens is 2. The van der Waals surface area contributed by atoms with Crippen LogP contribution in [0.1, 0.15) is 32.1 Å². The van der Waals surface area contributed by atoms with Gasteiger partial charge in [-0.05, 0) is 37.0 Å². The molecule has 18 heavy (non-hydrogen) atoms. The van der Waals surface area contributed by atoms with Gasteiger partial charge in [-0.25, -0.2) is 8.78 Å². The number of fused-ring (bicyclic) bond motifs is 2. The highest BCUT2D eigenvalue weighted by atomic mass is 19.3. The van der Waals surface area contributed by atoms with Crippen LogP contribution < -0.4 is 10.6 Å². The second-order valence-corrected chi connectivity index (χ2v) is 6.17. The zero-order valence-electron chi connectivity index (χ0n) is 10.4. The summed E-state index contributed by atoms with van der Waals surface area (Å²) in [6.07, 6.45) is 4.77. The highest BCUT2D eigenvalue weighted by molar-refractivity contribution is 5.82. The van der Waals surface area contributed by atoms with Crippen molar-refractivity contribution >= 4 is 5.91 Å². The molecule has 3 aliphatic rings. The monoisotopic (exact) mass is 258 g/mol. The zero-order valence-corrected chi connectivity index (χ0v) is 10.4. The molecule has 0 aromatic rings. The Bertz CT molecular complexity index is 348. The summed E-state index contributed by atoms with van der Waals surface area (Å²) in [6.45, 7) is 0.295. The van der Waals surface area contributed by atoms with Crippen LogP contribution in [0.15, 0.2) is 0 Å². The lowest BCUT2D eigenvalue weighted by molar-refractivity contribution is -0.123. The Kier molecular flexibility index (Phi) is 3.04. The molecular formula is C13H20F2N2O. The summed E-state index contributed by atoms with van der Waals surface area (Å²) in [7, 11) is 0. The fourth-order valence-electron chi connectivity index (χ4n) is 3.88. The SMILES string of the molecule is O=C(NCC1CC2CCC1C2)C1CC(F)(F)CN1. The lowest BCUT2D eigenvalue weighted by Gasteiger charge is -2.22. The number of rotatable bonds is 3. The maximum Gasteiger partial charge on any atom is 0.262 e. The normalized spacial score (nSPS) is 41.2. The highest BCUT2D eigenvalue weighted by Gasteiger charge is 2.43. The van der Waals surface area contributed by atoms with E-state index in [2.05, 4.69) is 10.6 Å². The molecule has 2 saturated carbocycles. The summed E-state index contributed by atoms with van der Waals surface area (Å²) in [4.78, 5) is 11.8. The molecule has 4 unspecified atom stereocenters. The van der Waals surface area contributed by atoms with Gasteiger partial charge in [0.25, 0.3) is 5.92 Å². The summed E-state index contributed by atoms with van der Waals surface area (Å²) in [5.74, 6) is -0.794. The molecule has 0 aromatic heterocycles. The first-order chi connectivity index (χ1) is 8.53. The van der Waals surface area contributed by atoms with Crippen LogP contribution in [0.2, 0.25) is 0 Å². The summed E-state index contributed by atoms with van der Waals surface area (Å²) in [5.41, 5.74) is 0. The number of hydrogen-bond acceptors (Lipinski definition) is 2. The van der Waals surface area contributed by atoms with Gasteiger partial charge in [0, 0.05) is 13.0 Å². The Morgan fingerprint density at radius 1 is 1.33 bits per heavy atom. The molecule has 2 aliphatic carbocycles. The molecule has 2 N–H and O–H groups in total. The van der Waals surface area contributed by atoms with Gasteiger partial charge in [0.2, 0.25) is 5.91 Å². The Morgan fingerprint density at radius 2 is 2.17 bits per heavy atom. The standard InChI is InChI=1S/C13H20F2N2O/c14-13(15)5-11(17-7-13)12(18)16-6-10-4-8-1-2-9(10)3-8/h8-11,17H,1-7H2,(H,16,18). The van der Waals surface area contributed by atoms with E-state index >= 15 is 0 Å². The second-order valence-electron chi connectivity index (χ2n) is 6.17. The van der Waals surface area contributed by atoms with Crippen LogP contribution in [0.5, 0.6) is 0 Å². The van der Waals surface area contributed by atoms with Crippen LogP contribution in [-0.4, -0.2) is 31.0 Å². The minimum atomic E-state index is -2.73. The molecule has 0 radical (unpaired) electrons. The van der Waals surface area contributed by atoms with Crippen LogP contribution in [0.3, 0.4) is 0 Å². The van der Waals surface area contributed by atoms with Gasteiger partial charge in [-0.3, -0.25) is 10.1 Å². The fraction of sp³-hybridized carbons (Fsp3) is 0.923. The number of amides is 1. The van der Waals surface area contributed by atoms with Gasteiger partial charge in [0.05, 0.1) is 12.6 Å². The molecule has 3 fully saturated rings. The molecule has 3 rings (SSSR count). The van der Waals surface area contributed by atoms with E-state index in [-0.39, 0.29) is 18.9 Å². The van der Waals surface area contributed by atoms with Crippen molar-refractivity contribution in [3.63, 3.8) is 0 Å². The van der Waals surface area contributed by atoms with Crippen molar-refractivity contribution in [2.45, 2.75) is 44.1 Å². The van der Waals surface area contributed by atoms with Crippen LogP contribution in [0.25, 0.3) is 0 Å². The van der Waals surface area contributed by atoms with Crippen LogP contribution in [0, 0.1) is 17.8 Å². The van der Waals surface area contributed by atoms with Crippen molar-refractivity contribution in [3.05, 3.63) is 0 Å². The number of alkyl halides is 2.